The molecule has 2 amide bonds. The van der Waals surface area contributed by atoms with Crippen LogP contribution in [0.4, 0.5) is 0 Å². The van der Waals surface area contributed by atoms with E-state index >= 15 is 0 Å². The summed E-state index contributed by atoms with van der Waals surface area (Å²) >= 11 is 0. The van der Waals surface area contributed by atoms with Crippen LogP contribution in [-0.2, 0) is 22.4 Å². The highest BCUT2D eigenvalue weighted by atomic mass is 16.3. The molecule has 0 aliphatic heterocycles. The highest BCUT2D eigenvalue weighted by molar-refractivity contribution is 5.89. The van der Waals surface area contributed by atoms with Crippen LogP contribution >= 0.6 is 0 Å². The number of nitrogens with zero attached hydrogens (tertiary/aromatic N) is 3. The average Bonchev–Trinajstić information content (AvgIpc) is 2.67. The van der Waals surface area contributed by atoms with Crippen molar-refractivity contribution in [1.29, 1.82) is 0 Å². The van der Waals surface area contributed by atoms with Crippen LogP contribution in [0.15, 0.2) is 30.9 Å². The number of carbonyl (C=O) groups excluding carboxylic acids is 2. The van der Waals surface area contributed by atoms with E-state index in [0.717, 1.165) is 22.3 Å². The third kappa shape index (κ3) is 5.99. The van der Waals surface area contributed by atoms with Crippen molar-refractivity contribution in [3.8, 4) is 5.75 Å². The number of phenolic OH excluding ortho intramolecular Hbond substituents is 1. The van der Waals surface area contributed by atoms with E-state index in [2.05, 4.69) is 9.97 Å². The summed E-state index contributed by atoms with van der Waals surface area (Å²) < 4.78 is 0. The molecule has 0 saturated heterocycles. The first-order valence-corrected chi connectivity index (χ1v) is 9.59. The first-order valence-electron chi connectivity index (χ1n) is 9.59. The van der Waals surface area contributed by atoms with Crippen molar-refractivity contribution in [2.75, 3.05) is 6.54 Å². The first-order chi connectivity index (χ1) is 13.7. The minimum atomic E-state index is -0.821. The highest BCUT2D eigenvalue weighted by Crippen LogP contribution is 2.22. The van der Waals surface area contributed by atoms with Gasteiger partial charge < -0.3 is 21.5 Å². The van der Waals surface area contributed by atoms with Crippen LogP contribution in [0, 0.1) is 13.8 Å². The summed E-state index contributed by atoms with van der Waals surface area (Å²) in [5.74, 6) is -0.726. The van der Waals surface area contributed by atoms with Gasteiger partial charge in [-0.25, -0.2) is 9.97 Å². The van der Waals surface area contributed by atoms with Gasteiger partial charge in [0.05, 0.1) is 6.04 Å². The Labute approximate surface area is 170 Å². The molecule has 29 heavy (non-hydrogen) atoms. The van der Waals surface area contributed by atoms with Gasteiger partial charge in [0.1, 0.15) is 18.1 Å². The number of aryl methyl sites for hydroxylation is 3. The van der Waals surface area contributed by atoms with Gasteiger partial charge >= 0.3 is 0 Å². The molecular formula is C21H29N5O3. The number of rotatable bonds is 9. The molecule has 0 spiro atoms. The van der Waals surface area contributed by atoms with E-state index in [0.29, 0.717) is 25.8 Å². The topological polar surface area (TPSA) is 135 Å². The number of aromatic nitrogens is 2. The summed E-state index contributed by atoms with van der Waals surface area (Å²) in [6, 6.07) is 1.71. The molecule has 0 radical (unpaired) electrons. The third-order valence-corrected chi connectivity index (χ3v) is 5.06. The second kappa shape index (κ2) is 9.97. The smallest absolute Gasteiger partial charge is 0.240 e. The molecule has 156 valence electrons. The minimum Gasteiger partial charge on any atom is -0.508 e. The van der Waals surface area contributed by atoms with E-state index in [-0.39, 0.29) is 11.7 Å². The van der Waals surface area contributed by atoms with Gasteiger partial charge in [0.15, 0.2) is 0 Å². The zero-order valence-electron chi connectivity index (χ0n) is 17.1. The predicted octanol–water partition coefficient (Wildman–Crippen LogP) is 1.00. The Kier molecular flexibility index (Phi) is 7.67. The van der Waals surface area contributed by atoms with E-state index in [1.54, 1.807) is 31.5 Å². The molecular weight excluding hydrogens is 370 g/mol. The lowest BCUT2D eigenvalue weighted by molar-refractivity contribution is -0.139. The lowest BCUT2D eigenvalue weighted by Crippen LogP contribution is -2.53. The summed E-state index contributed by atoms with van der Waals surface area (Å²) in [6.45, 7) is 5.69. The molecule has 8 heteroatoms. The van der Waals surface area contributed by atoms with E-state index < -0.39 is 18.0 Å². The first kappa shape index (κ1) is 22.3. The maximum atomic E-state index is 13.0. The lowest BCUT2D eigenvalue weighted by Gasteiger charge is -2.30. The number of nitrogens with two attached hydrogens (primary N) is 2. The Hall–Kier alpha value is -3.00. The molecule has 0 bridgehead atoms. The Bertz CT molecular complexity index is 834. The number of hydrogen-bond donors (Lipinski definition) is 3. The molecule has 5 N–H and O–H groups in total. The number of aromatic hydroxyl groups is 1. The van der Waals surface area contributed by atoms with Crippen molar-refractivity contribution in [2.24, 2.45) is 11.5 Å². The fourth-order valence-electron chi connectivity index (χ4n) is 3.37. The molecule has 1 heterocycles. The van der Waals surface area contributed by atoms with Gasteiger partial charge in [-0.1, -0.05) is 0 Å². The molecule has 0 aliphatic carbocycles. The molecule has 2 atom stereocenters. The Morgan fingerprint density at radius 1 is 1.17 bits per heavy atom. The normalized spacial score (nSPS) is 13.0. The molecule has 1 aromatic carbocycles. The van der Waals surface area contributed by atoms with Gasteiger partial charge in [0.25, 0.3) is 0 Å². The largest absolute Gasteiger partial charge is 0.508 e. The number of phenols is 1. The van der Waals surface area contributed by atoms with Crippen LogP contribution < -0.4 is 11.5 Å². The van der Waals surface area contributed by atoms with Crippen molar-refractivity contribution in [1.82, 2.24) is 14.9 Å². The number of amides is 2. The van der Waals surface area contributed by atoms with Crippen LogP contribution in [0.5, 0.6) is 5.75 Å². The summed E-state index contributed by atoms with van der Waals surface area (Å²) in [6.07, 6.45) is 6.51. The molecule has 2 aromatic rings. The Morgan fingerprint density at radius 2 is 1.76 bits per heavy atom. The Morgan fingerprint density at radius 3 is 2.31 bits per heavy atom. The molecule has 2 rings (SSSR count). The van der Waals surface area contributed by atoms with Crippen LogP contribution in [0.2, 0.25) is 0 Å². The van der Waals surface area contributed by atoms with Crippen LogP contribution in [0.1, 0.15) is 35.6 Å². The molecule has 0 aliphatic rings. The second-order valence-corrected chi connectivity index (χ2v) is 7.33. The van der Waals surface area contributed by atoms with Crippen LogP contribution in [0.25, 0.3) is 0 Å². The van der Waals surface area contributed by atoms with Crippen LogP contribution in [-0.4, -0.2) is 50.4 Å². The molecule has 1 unspecified atom stereocenters. The van der Waals surface area contributed by atoms with Crippen LogP contribution in [0.3, 0.4) is 0 Å². The number of hydrogen-bond acceptors (Lipinski definition) is 6. The van der Waals surface area contributed by atoms with E-state index in [9.17, 15) is 14.7 Å². The fourth-order valence-corrected chi connectivity index (χ4v) is 3.37. The van der Waals surface area contributed by atoms with Gasteiger partial charge in [-0.15, -0.1) is 0 Å². The number of benzene rings is 1. The second-order valence-electron chi connectivity index (χ2n) is 7.33. The van der Waals surface area contributed by atoms with Crippen molar-refractivity contribution < 1.29 is 14.7 Å². The lowest BCUT2D eigenvalue weighted by atomic mass is 9.95. The maximum absolute atomic E-state index is 13.0. The van der Waals surface area contributed by atoms with Crippen molar-refractivity contribution in [2.45, 2.75) is 52.1 Å². The zero-order valence-corrected chi connectivity index (χ0v) is 17.1. The van der Waals surface area contributed by atoms with E-state index in [4.69, 9.17) is 11.5 Å². The van der Waals surface area contributed by atoms with Gasteiger partial charge in [-0.2, -0.15) is 0 Å². The molecule has 0 saturated carbocycles. The average molecular weight is 399 g/mol. The molecule has 8 nitrogen and oxygen atoms in total. The fraction of sp³-hybridized carbons (Fsp3) is 0.429. The van der Waals surface area contributed by atoms with Crippen molar-refractivity contribution in [3.63, 3.8) is 0 Å². The summed E-state index contributed by atoms with van der Waals surface area (Å²) in [4.78, 5) is 34.2. The van der Waals surface area contributed by atoms with Gasteiger partial charge in [0, 0.05) is 18.9 Å². The Balaban J connectivity index is 2.10. The summed E-state index contributed by atoms with van der Waals surface area (Å²) in [7, 11) is 0. The van der Waals surface area contributed by atoms with Gasteiger partial charge in [-0.05, 0) is 74.4 Å². The molecule has 0 fully saturated rings. The third-order valence-electron chi connectivity index (χ3n) is 5.06. The SMILES string of the molecule is Cc1cc(O)cc(C)c1CC(N)C(=O)N(CCCc1cncnc1)[C@H](C)C(N)=O. The van der Waals surface area contributed by atoms with Gasteiger partial charge in [-0.3, -0.25) is 9.59 Å². The van der Waals surface area contributed by atoms with E-state index in [1.807, 2.05) is 13.8 Å². The zero-order chi connectivity index (χ0) is 21.6. The number of primary amides is 1. The van der Waals surface area contributed by atoms with Crippen molar-refractivity contribution >= 4 is 11.8 Å². The summed E-state index contributed by atoms with van der Waals surface area (Å²) in [5, 5.41) is 9.71. The maximum Gasteiger partial charge on any atom is 0.240 e. The van der Waals surface area contributed by atoms with E-state index in [1.165, 1.54) is 11.2 Å². The number of carbonyl (C=O) groups is 2. The van der Waals surface area contributed by atoms with Crippen molar-refractivity contribution in [3.05, 3.63) is 53.1 Å². The minimum absolute atomic E-state index is 0.178. The van der Waals surface area contributed by atoms with Gasteiger partial charge in [0.2, 0.25) is 11.8 Å². The monoisotopic (exact) mass is 399 g/mol. The molecule has 1 aromatic heterocycles. The quantitative estimate of drug-likeness (QED) is 0.576. The standard InChI is InChI=1S/C21H29N5O3/c1-13-7-17(27)8-14(2)18(13)9-19(22)21(29)26(15(3)20(23)28)6-4-5-16-10-24-12-25-11-16/h7-8,10-12,15,19,27H,4-6,9,22H2,1-3H3,(H2,23,28)/t15-,19?/m1/s1. The highest BCUT2D eigenvalue weighted by Gasteiger charge is 2.28. The summed E-state index contributed by atoms with van der Waals surface area (Å²) in [5.41, 5.74) is 15.3. The predicted molar refractivity (Wildman–Crippen MR) is 110 cm³/mol.